The van der Waals surface area contributed by atoms with Crippen LogP contribution in [0.2, 0.25) is 0 Å². The summed E-state index contributed by atoms with van der Waals surface area (Å²) in [5.74, 6) is 0. The van der Waals surface area contributed by atoms with E-state index >= 15 is 0 Å². The van der Waals surface area contributed by atoms with Crippen molar-refractivity contribution in [1.29, 1.82) is 0 Å². The van der Waals surface area contributed by atoms with Gasteiger partial charge in [0.05, 0.1) is 22.0 Å². The third-order valence-corrected chi connectivity index (χ3v) is 10.3. The van der Waals surface area contributed by atoms with Gasteiger partial charge in [-0.15, -0.1) is 0 Å². The third kappa shape index (κ3) is 8.86. The molecule has 0 bridgehead atoms. The molecule has 0 saturated heterocycles. The van der Waals surface area contributed by atoms with Crippen LogP contribution in [0.3, 0.4) is 0 Å². The van der Waals surface area contributed by atoms with Crippen LogP contribution in [0.25, 0.3) is 5.57 Å². The van der Waals surface area contributed by atoms with Crippen molar-refractivity contribution in [3.8, 4) is 0 Å². The average Bonchev–Trinajstić information content (AvgIpc) is 3.07. The molecule has 0 aromatic heterocycles. The van der Waals surface area contributed by atoms with Crippen LogP contribution in [0.5, 0.6) is 0 Å². The molecule has 0 spiro atoms. The molecule has 0 radical (unpaired) electrons. The van der Waals surface area contributed by atoms with Gasteiger partial charge in [-0.3, -0.25) is 18.7 Å². The Balaban J connectivity index is 1.50. The fourth-order valence-corrected chi connectivity index (χ4v) is 7.15. The van der Waals surface area contributed by atoms with Gasteiger partial charge in [0.1, 0.15) is 4.90 Å². The lowest BCUT2D eigenvalue weighted by Gasteiger charge is -2.24. The Morgan fingerprint density at radius 2 is 1.22 bits per heavy atom. The highest BCUT2D eigenvalue weighted by Gasteiger charge is 2.21. The number of rotatable bonds is 11. The third-order valence-electron chi connectivity index (χ3n) is 7.70. The van der Waals surface area contributed by atoms with Gasteiger partial charge in [-0.25, -0.2) is 0 Å². The van der Waals surface area contributed by atoms with Crippen molar-refractivity contribution in [3.05, 3.63) is 149 Å². The maximum atomic E-state index is 12.4. The van der Waals surface area contributed by atoms with Crippen molar-refractivity contribution in [2.45, 2.75) is 34.7 Å². The van der Waals surface area contributed by atoms with Gasteiger partial charge >= 0.3 is 0 Å². The smallest absolute Gasteiger partial charge is 0.295 e. The standard InChI is InChI=1S/C35H32N2O9S3/c1-2-37(24-26-8-6-10-32(22-26)48(41,42)43)30-19-15-28(16-20-30)35(33-11-3-4-12-34(33)49(44,45)46)27-13-17-29(18-14-27)36-23-25-7-5-9-31(21-25)47(38,39)40/h3-22H,2,23-24H2,1H3,(H,38,39,40)(H,41,42,43)(H,44,45,46). The first-order chi connectivity index (χ1) is 23.1. The number of hydrogen-bond donors (Lipinski definition) is 3. The largest absolute Gasteiger partial charge is 0.367 e. The number of benzene rings is 4. The number of allylic oxidation sites excluding steroid dienone is 5. The molecule has 0 saturated carbocycles. The second-order valence-electron chi connectivity index (χ2n) is 11.0. The van der Waals surface area contributed by atoms with Gasteiger partial charge in [0.25, 0.3) is 30.4 Å². The highest BCUT2D eigenvalue weighted by atomic mass is 32.2. The van der Waals surface area contributed by atoms with Crippen LogP contribution in [0.4, 0.5) is 5.69 Å². The summed E-state index contributed by atoms with van der Waals surface area (Å²) in [6.07, 6.45) is 6.98. The molecule has 1 aliphatic carbocycles. The lowest BCUT2D eigenvalue weighted by Crippen LogP contribution is -2.22. The van der Waals surface area contributed by atoms with Gasteiger partial charge in [0.2, 0.25) is 0 Å². The summed E-state index contributed by atoms with van der Waals surface area (Å²) in [5.41, 5.74) is 4.69. The molecule has 254 valence electrons. The molecule has 5 rings (SSSR count). The maximum absolute atomic E-state index is 12.4. The second-order valence-corrected chi connectivity index (χ2v) is 15.2. The van der Waals surface area contributed by atoms with Crippen molar-refractivity contribution in [1.82, 2.24) is 0 Å². The molecule has 1 aliphatic rings. The minimum atomic E-state index is -4.60. The average molecular weight is 721 g/mol. The van der Waals surface area contributed by atoms with Gasteiger partial charge in [-0.2, -0.15) is 25.3 Å². The molecule has 0 aliphatic heterocycles. The monoisotopic (exact) mass is 720 g/mol. The summed E-state index contributed by atoms with van der Waals surface area (Å²) in [4.78, 5) is 5.83. The van der Waals surface area contributed by atoms with E-state index in [9.17, 15) is 38.9 Å². The molecule has 0 fully saturated rings. The van der Waals surface area contributed by atoms with Crippen LogP contribution in [0.15, 0.2) is 147 Å². The molecular formula is C35H32N2O9S3. The Bertz CT molecular complexity index is 2330. The zero-order valence-corrected chi connectivity index (χ0v) is 28.5. The quantitative estimate of drug-likeness (QED) is 0.155. The lowest BCUT2D eigenvalue weighted by atomic mass is 9.90. The van der Waals surface area contributed by atoms with E-state index in [1.165, 1.54) is 42.5 Å². The highest BCUT2D eigenvalue weighted by molar-refractivity contribution is 7.86. The molecule has 49 heavy (non-hydrogen) atoms. The van der Waals surface area contributed by atoms with Crippen molar-refractivity contribution >= 4 is 47.3 Å². The van der Waals surface area contributed by atoms with E-state index in [1.807, 2.05) is 36.1 Å². The fourth-order valence-electron chi connectivity index (χ4n) is 5.35. The van der Waals surface area contributed by atoms with Gasteiger partial charge in [0, 0.05) is 24.3 Å². The van der Waals surface area contributed by atoms with Crippen molar-refractivity contribution in [2.24, 2.45) is 4.99 Å². The normalized spacial score (nSPS) is 13.4. The van der Waals surface area contributed by atoms with Crippen LogP contribution in [0, 0.1) is 0 Å². The zero-order chi connectivity index (χ0) is 35.4. The van der Waals surface area contributed by atoms with E-state index < -0.39 is 30.4 Å². The Morgan fingerprint density at radius 3 is 1.80 bits per heavy atom. The Morgan fingerprint density at radius 1 is 0.653 bits per heavy atom. The minimum absolute atomic E-state index is 0.139. The van der Waals surface area contributed by atoms with Gasteiger partial charge in [-0.05, 0) is 89.4 Å². The number of nitrogens with zero attached hydrogens (tertiary/aromatic N) is 2. The van der Waals surface area contributed by atoms with Crippen LogP contribution < -0.4 is 4.90 Å². The maximum Gasteiger partial charge on any atom is 0.295 e. The lowest BCUT2D eigenvalue weighted by molar-refractivity contribution is 0.480. The van der Waals surface area contributed by atoms with Crippen LogP contribution >= 0.6 is 0 Å². The molecule has 0 atom stereocenters. The van der Waals surface area contributed by atoms with Crippen LogP contribution in [0.1, 0.15) is 29.2 Å². The summed E-state index contributed by atoms with van der Waals surface area (Å²) in [6.45, 7) is 3.01. The number of hydrogen-bond acceptors (Lipinski definition) is 8. The first-order valence-electron chi connectivity index (χ1n) is 14.8. The van der Waals surface area contributed by atoms with E-state index in [2.05, 4.69) is 4.99 Å². The molecule has 3 N–H and O–H groups in total. The molecule has 4 aromatic carbocycles. The molecule has 0 heterocycles. The molecule has 0 amide bonds. The molecule has 4 aromatic rings. The van der Waals surface area contributed by atoms with Crippen molar-refractivity contribution in [3.63, 3.8) is 0 Å². The topological polar surface area (TPSA) is 179 Å². The first-order valence-corrected chi connectivity index (χ1v) is 19.2. The van der Waals surface area contributed by atoms with E-state index in [0.717, 1.165) is 5.69 Å². The number of anilines is 1. The molecule has 0 unspecified atom stereocenters. The Kier molecular flexibility index (Phi) is 10.5. The van der Waals surface area contributed by atoms with Crippen LogP contribution in [-0.2, 0) is 43.4 Å². The summed E-state index contributed by atoms with van der Waals surface area (Å²) in [7, 11) is -13.3. The van der Waals surface area contributed by atoms with Crippen LogP contribution in [-0.4, -0.2) is 51.2 Å². The van der Waals surface area contributed by atoms with E-state index in [4.69, 9.17) is 0 Å². The zero-order valence-electron chi connectivity index (χ0n) is 26.1. The summed E-state index contributed by atoms with van der Waals surface area (Å²) >= 11 is 0. The number of aliphatic imine (C=N–C) groups is 1. The predicted molar refractivity (Wildman–Crippen MR) is 187 cm³/mol. The van der Waals surface area contributed by atoms with Gasteiger partial charge < -0.3 is 4.90 Å². The molecule has 11 nitrogen and oxygen atoms in total. The molecular weight excluding hydrogens is 689 g/mol. The highest BCUT2D eigenvalue weighted by Crippen LogP contribution is 2.35. The van der Waals surface area contributed by atoms with E-state index in [-0.39, 0.29) is 26.8 Å². The summed E-state index contributed by atoms with van der Waals surface area (Å²) in [6, 6.07) is 25.3. The SMILES string of the molecule is CCN(Cc1cccc(S(=O)(=O)O)c1)c1ccc(C(=C2C=CC(=NCc3cccc(S(=O)(=O)O)c3)C=C2)c2ccccc2S(=O)(=O)O)cc1. The Hall–Kier alpha value is -4.70. The second kappa shape index (κ2) is 14.4. The first kappa shape index (κ1) is 35.6. The summed E-state index contributed by atoms with van der Waals surface area (Å²) < 4.78 is 100. The fraction of sp³-hybridized carbons (Fsp3) is 0.114. The van der Waals surface area contributed by atoms with E-state index in [0.29, 0.717) is 46.6 Å². The predicted octanol–water partition coefficient (Wildman–Crippen LogP) is 6.02. The van der Waals surface area contributed by atoms with E-state index in [1.54, 1.807) is 54.6 Å². The van der Waals surface area contributed by atoms with Gasteiger partial charge in [-0.1, -0.05) is 66.7 Å². The van der Waals surface area contributed by atoms with Gasteiger partial charge in [0.15, 0.2) is 0 Å². The Labute approximate surface area is 285 Å². The molecule has 14 heteroatoms. The van der Waals surface area contributed by atoms with Crippen molar-refractivity contribution < 1.29 is 38.9 Å². The summed E-state index contributed by atoms with van der Waals surface area (Å²) in [5, 5.41) is 0. The minimum Gasteiger partial charge on any atom is -0.367 e. The van der Waals surface area contributed by atoms with Crippen molar-refractivity contribution in [2.75, 3.05) is 11.4 Å².